The molecule has 0 spiro atoms. The third-order valence-corrected chi connectivity index (χ3v) is 9.13. The van der Waals surface area contributed by atoms with Crippen molar-refractivity contribution in [2.75, 3.05) is 22.2 Å². The molecule has 1 amide bonds. The van der Waals surface area contributed by atoms with Crippen LogP contribution in [0.3, 0.4) is 0 Å². The minimum Gasteiger partial charge on any atom is -0.308 e. The number of thiophene rings is 1. The summed E-state index contributed by atoms with van der Waals surface area (Å²) >= 11 is 3.03. The normalized spacial score (nSPS) is 18.0. The molecule has 1 unspecified atom stereocenters. The summed E-state index contributed by atoms with van der Waals surface area (Å²) in [4.78, 5) is 26.2. The number of thioether (sulfide) groups is 1. The van der Waals surface area contributed by atoms with Crippen molar-refractivity contribution in [3.8, 4) is 0 Å². The molecule has 2 aromatic heterocycles. The number of sulfone groups is 1. The molecular formula is C21H23N3O3S3. The Labute approximate surface area is 184 Å². The molecule has 3 heterocycles. The molecule has 1 fully saturated rings. The summed E-state index contributed by atoms with van der Waals surface area (Å²) in [6.45, 7) is 5.97. The largest absolute Gasteiger partial charge is 0.308 e. The third-order valence-electron chi connectivity index (χ3n) is 5.32. The van der Waals surface area contributed by atoms with Crippen LogP contribution in [0.5, 0.6) is 0 Å². The van der Waals surface area contributed by atoms with E-state index in [9.17, 15) is 13.2 Å². The molecule has 6 nitrogen and oxygen atoms in total. The smallest absolute Gasteiger partial charge is 0.237 e. The van der Waals surface area contributed by atoms with Crippen LogP contribution >= 0.6 is 23.1 Å². The molecule has 0 bridgehead atoms. The van der Waals surface area contributed by atoms with Gasteiger partial charge in [-0.3, -0.25) is 4.79 Å². The maximum absolute atomic E-state index is 13.3. The van der Waals surface area contributed by atoms with Gasteiger partial charge in [0, 0.05) is 16.0 Å². The quantitative estimate of drug-likeness (QED) is 0.423. The van der Waals surface area contributed by atoms with Gasteiger partial charge in [-0.2, -0.15) is 0 Å². The van der Waals surface area contributed by atoms with Gasteiger partial charge in [-0.15, -0.1) is 11.3 Å². The van der Waals surface area contributed by atoms with Gasteiger partial charge in [-0.25, -0.2) is 18.4 Å². The summed E-state index contributed by atoms with van der Waals surface area (Å²) in [6.07, 6.45) is 0.466. The number of anilines is 1. The molecule has 1 aliphatic rings. The average molecular weight is 462 g/mol. The Morgan fingerprint density at radius 1 is 1.20 bits per heavy atom. The number of rotatable bonds is 5. The molecule has 1 aliphatic heterocycles. The lowest BCUT2D eigenvalue weighted by atomic mass is 10.2. The molecular weight excluding hydrogens is 438 g/mol. The fraction of sp³-hybridized carbons (Fsp3) is 0.381. The molecule has 1 atom stereocenters. The van der Waals surface area contributed by atoms with Gasteiger partial charge in [-0.05, 0) is 44.9 Å². The molecule has 3 aromatic rings. The molecule has 30 heavy (non-hydrogen) atoms. The SMILES string of the molecule is Cc1nc(SCC(=O)N(c2ccccc2)C2CCS(=O)(=O)C2)c2c(C)c(C)sc2n1. The molecule has 4 rings (SSSR count). The van der Waals surface area contributed by atoms with Gasteiger partial charge < -0.3 is 4.90 Å². The van der Waals surface area contributed by atoms with Gasteiger partial charge in [0.15, 0.2) is 9.84 Å². The number of aromatic nitrogens is 2. The van der Waals surface area contributed by atoms with Crippen LogP contribution in [0.15, 0.2) is 35.4 Å². The monoisotopic (exact) mass is 461 g/mol. The van der Waals surface area contributed by atoms with Crippen LogP contribution in [0.25, 0.3) is 10.2 Å². The lowest BCUT2D eigenvalue weighted by molar-refractivity contribution is -0.116. The van der Waals surface area contributed by atoms with E-state index < -0.39 is 9.84 Å². The predicted octanol–water partition coefficient (Wildman–Crippen LogP) is 3.93. The van der Waals surface area contributed by atoms with E-state index in [1.165, 1.54) is 16.6 Å². The van der Waals surface area contributed by atoms with E-state index in [2.05, 4.69) is 23.8 Å². The first-order valence-electron chi connectivity index (χ1n) is 9.70. The van der Waals surface area contributed by atoms with Gasteiger partial charge >= 0.3 is 0 Å². The Kier molecular flexibility index (Phi) is 5.87. The molecule has 0 radical (unpaired) electrons. The number of benzene rings is 1. The predicted molar refractivity (Wildman–Crippen MR) is 123 cm³/mol. The highest BCUT2D eigenvalue weighted by molar-refractivity contribution is 8.00. The zero-order valence-electron chi connectivity index (χ0n) is 17.1. The van der Waals surface area contributed by atoms with Crippen molar-refractivity contribution in [3.63, 3.8) is 0 Å². The molecule has 9 heteroatoms. The summed E-state index contributed by atoms with van der Waals surface area (Å²) in [5.74, 6) is 0.895. The zero-order chi connectivity index (χ0) is 21.5. The van der Waals surface area contributed by atoms with Gasteiger partial charge in [0.2, 0.25) is 5.91 Å². The van der Waals surface area contributed by atoms with Crippen LogP contribution in [0, 0.1) is 20.8 Å². The summed E-state index contributed by atoms with van der Waals surface area (Å²) in [6, 6.07) is 8.98. The fourth-order valence-corrected chi connectivity index (χ4v) is 7.57. The van der Waals surface area contributed by atoms with E-state index in [0.717, 1.165) is 26.5 Å². The van der Waals surface area contributed by atoms with Crippen molar-refractivity contribution in [1.82, 2.24) is 9.97 Å². The number of hydrogen-bond donors (Lipinski definition) is 0. The Hall–Kier alpha value is -1.97. The lowest BCUT2D eigenvalue weighted by Gasteiger charge is -2.28. The van der Waals surface area contributed by atoms with Crippen molar-refractivity contribution < 1.29 is 13.2 Å². The van der Waals surface area contributed by atoms with Gasteiger partial charge in [0.05, 0.1) is 23.3 Å². The minimum atomic E-state index is -3.11. The van der Waals surface area contributed by atoms with Crippen LogP contribution in [0.1, 0.15) is 22.7 Å². The maximum Gasteiger partial charge on any atom is 0.237 e. The van der Waals surface area contributed by atoms with E-state index in [1.54, 1.807) is 16.2 Å². The molecule has 0 aliphatic carbocycles. The Morgan fingerprint density at radius 3 is 2.60 bits per heavy atom. The van der Waals surface area contributed by atoms with Crippen LogP contribution in [0.4, 0.5) is 5.69 Å². The van der Waals surface area contributed by atoms with E-state index in [0.29, 0.717) is 12.2 Å². The molecule has 1 saturated heterocycles. The lowest BCUT2D eigenvalue weighted by Crippen LogP contribution is -2.42. The van der Waals surface area contributed by atoms with Gasteiger partial charge in [0.1, 0.15) is 15.7 Å². The second kappa shape index (κ2) is 8.28. The molecule has 158 valence electrons. The molecule has 0 N–H and O–H groups in total. The van der Waals surface area contributed by atoms with Crippen molar-refractivity contribution >= 4 is 54.7 Å². The second-order valence-corrected chi connectivity index (χ2v) is 11.9. The number of carbonyl (C=O) groups excluding carboxylic acids is 1. The summed E-state index contributed by atoms with van der Waals surface area (Å²) in [5, 5.41) is 1.82. The first-order chi connectivity index (χ1) is 14.2. The minimum absolute atomic E-state index is 0.0119. The average Bonchev–Trinajstić information content (AvgIpc) is 3.19. The van der Waals surface area contributed by atoms with E-state index in [-0.39, 0.29) is 29.2 Å². The topological polar surface area (TPSA) is 80.2 Å². The van der Waals surface area contributed by atoms with E-state index >= 15 is 0 Å². The van der Waals surface area contributed by atoms with Crippen molar-refractivity contribution in [2.45, 2.75) is 38.3 Å². The Balaban J connectivity index is 1.62. The Bertz CT molecular complexity index is 1210. The highest BCUT2D eigenvalue weighted by Gasteiger charge is 2.35. The number of aryl methyl sites for hydroxylation is 3. The van der Waals surface area contributed by atoms with E-state index in [4.69, 9.17) is 0 Å². The fourth-order valence-electron chi connectivity index (χ4n) is 3.74. The number of hydrogen-bond acceptors (Lipinski definition) is 7. The Morgan fingerprint density at radius 2 is 1.93 bits per heavy atom. The number of carbonyl (C=O) groups is 1. The van der Waals surface area contributed by atoms with Crippen LogP contribution in [0.2, 0.25) is 0 Å². The van der Waals surface area contributed by atoms with Crippen molar-refractivity contribution in [1.29, 1.82) is 0 Å². The molecule has 1 aromatic carbocycles. The first-order valence-corrected chi connectivity index (χ1v) is 13.3. The number of fused-ring (bicyclic) bond motifs is 1. The number of nitrogens with zero attached hydrogens (tertiary/aromatic N) is 3. The van der Waals surface area contributed by atoms with Crippen LogP contribution in [-0.4, -0.2) is 47.6 Å². The highest BCUT2D eigenvalue weighted by Crippen LogP contribution is 2.35. The summed E-state index contributed by atoms with van der Waals surface area (Å²) < 4.78 is 24.1. The summed E-state index contributed by atoms with van der Waals surface area (Å²) in [5.41, 5.74) is 1.88. The highest BCUT2D eigenvalue weighted by atomic mass is 32.2. The molecule has 0 saturated carbocycles. The van der Waals surface area contributed by atoms with Crippen LogP contribution < -0.4 is 4.90 Å². The van der Waals surface area contributed by atoms with Crippen molar-refractivity contribution in [3.05, 3.63) is 46.6 Å². The van der Waals surface area contributed by atoms with E-state index in [1.807, 2.05) is 37.3 Å². The number of para-hydroxylation sites is 1. The van der Waals surface area contributed by atoms with Gasteiger partial charge in [0.25, 0.3) is 0 Å². The van der Waals surface area contributed by atoms with Crippen LogP contribution in [-0.2, 0) is 14.6 Å². The third kappa shape index (κ3) is 4.24. The zero-order valence-corrected chi connectivity index (χ0v) is 19.5. The van der Waals surface area contributed by atoms with Gasteiger partial charge in [-0.1, -0.05) is 30.0 Å². The summed E-state index contributed by atoms with van der Waals surface area (Å²) in [7, 11) is -3.11. The van der Waals surface area contributed by atoms with Crippen molar-refractivity contribution in [2.24, 2.45) is 0 Å². The first kappa shape index (κ1) is 21.3. The number of amides is 1. The maximum atomic E-state index is 13.3. The second-order valence-electron chi connectivity index (χ2n) is 7.48. The standard InChI is InChI=1S/C21H23N3O3S3/c1-13-14(2)29-21-19(13)20(22-15(3)23-21)28-11-18(25)24(16-7-5-4-6-8-16)17-9-10-30(26,27)12-17/h4-8,17H,9-12H2,1-3H3.